The monoisotopic (exact) mass is 518 g/mol. The van der Waals surface area contributed by atoms with Crippen LogP contribution < -0.4 is 15.4 Å². The highest BCUT2D eigenvalue weighted by atomic mass is 127. The average molecular weight is 518 g/mol. The zero-order valence-corrected chi connectivity index (χ0v) is 20.3. The van der Waals surface area contributed by atoms with E-state index in [0.29, 0.717) is 19.0 Å². The maximum Gasteiger partial charge on any atom is 0.310 e. The van der Waals surface area contributed by atoms with Crippen molar-refractivity contribution >= 4 is 35.9 Å². The predicted octanol–water partition coefficient (Wildman–Crippen LogP) is 2.81. The quantitative estimate of drug-likeness (QED) is 0.227. The number of esters is 1. The average Bonchev–Trinajstić information content (AvgIpc) is 3.26. The van der Waals surface area contributed by atoms with Gasteiger partial charge in [0.05, 0.1) is 32.7 Å². The number of halogens is 1. The van der Waals surface area contributed by atoms with E-state index >= 15 is 0 Å². The van der Waals surface area contributed by atoms with Gasteiger partial charge >= 0.3 is 5.97 Å². The number of carbonyl (C=O) groups is 1. The molecule has 1 aromatic carbocycles. The van der Waals surface area contributed by atoms with Crippen molar-refractivity contribution in [3.8, 4) is 5.75 Å². The summed E-state index contributed by atoms with van der Waals surface area (Å²) in [7, 11) is 3.12. The minimum atomic E-state index is -0.274. The molecule has 1 aliphatic heterocycles. The Kier molecular flexibility index (Phi) is 12.0. The molecule has 0 saturated carbocycles. The molecule has 1 fully saturated rings. The Balaban J connectivity index is 0.00000420. The first kappa shape index (κ1) is 25.5. The first-order valence-corrected chi connectivity index (χ1v) is 10.1. The Labute approximate surface area is 191 Å². The van der Waals surface area contributed by atoms with E-state index in [4.69, 9.17) is 9.47 Å². The number of ether oxygens (including phenoxy) is 2. The summed E-state index contributed by atoms with van der Waals surface area (Å²) in [5.41, 5.74) is 1.18. The van der Waals surface area contributed by atoms with Crippen molar-refractivity contribution in [1.82, 2.24) is 15.5 Å². The van der Waals surface area contributed by atoms with E-state index in [2.05, 4.69) is 32.7 Å². The van der Waals surface area contributed by atoms with Gasteiger partial charge in [-0.25, -0.2) is 0 Å². The molecule has 29 heavy (non-hydrogen) atoms. The van der Waals surface area contributed by atoms with Crippen molar-refractivity contribution < 1.29 is 14.3 Å². The topological polar surface area (TPSA) is 75.2 Å². The fourth-order valence-electron chi connectivity index (χ4n) is 3.47. The fraction of sp³-hybridized carbons (Fsp3) is 0.619. The molecule has 0 bridgehead atoms. The number of likely N-dealkylation sites (tertiary alicyclic amines) is 1. The Hall–Kier alpha value is -1.55. The highest BCUT2D eigenvalue weighted by molar-refractivity contribution is 14.0. The Morgan fingerprint density at radius 1 is 1.21 bits per heavy atom. The van der Waals surface area contributed by atoms with E-state index in [1.165, 1.54) is 25.5 Å². The lowest BCUT2D eigenvalue weighted by Crippen LogP contribution is -2.43. The first-order valence-electron chi connectivity index (χ1n) is 10.1. The van der Waals surface area contributed by atoms with Gasteiger partial charge in [-0.1, -0.05) is 25.1 Å². The molecule has 164 valence electrons. The number of hydrogen-bond donors (Lipinski definition) is 2. The Morgan fingerprint density at radius 3 is 2.52 bits per heavy atom. The summed E-state index contributed by atoms with van der Waals surface area (Å²) in [6.45, 7) is 7.85. The van der Waals surface area contributed by atoms with Gasteiger partial charge in [0.1, 0.15) is 5.75 Å². The van der Waals surface area contributed by atoms with Crippen LogP contribution in [0.4, 0.5) is 0 Å². The predicted molar refractivity (Wildman–Crippen MR) is 127 cm³/mol. The second kappa shape index (κ2) is 13.6. The molecule has 2 unspecified atom stereocenters. The second-order valence-electron chi connectivity index (χ2n) is 7.03. The molecule has 7 nitrogen and oxygen atoms in total. The number of guanidine groups is 1. The number of aliphatic imine (C=N–C) groups is 1. The minimum Gasteiger partial charge on any atom is -0.496 e. The molecule has 0 spiro atoms. The standard InChI is InChI=1S/C21H34N4O3.HI/c1-5-22-21(23-14-16(2)20(26)28-4)24-15-18(25-12-8-9-13-25)17-10-6-7-11-19(17)27-3;/h6-7,10-11,16,18H,5,8-9,12-15H2,1-4H3,(H2,22,23,24);1H. The number of para-hydroxylation sites is 1. The molecule has 0 radical (unpaired) electrons. The number of benzene rings is 1. The molecule has 2 atom stereocenters. The third-order valence-electron chi connectivity index (χ3n) is 5.01. The summed E-state index contributed by atoms with van der Waals surface area (Å²) in [6.07, 6.45) is 2.44. The highest BCUT2D eigenvalue weighted by Crippen LogP contribution is 2.31. The first-order chi connectivity index (χ1) is 13.6. The van der Waals surface area contributed by atoms with Crippen LogP contribution in [0.1, 0.15) is 38.3 Å². The summed E-state index contributed by atoms with van der Waals surface area (Å²) in [5.74, 6) is 1.09. The van der Waals surface area contributed by atoms with E-state index in [1.807, 2.05) is 26.0 Å². The molecule has 1 aliphatic rings. The van der Waals surface area contributed by atoms with E-state index in [1.54, 1.807) is 7.11 Å². The summed E-state index contributed by atoms with van der Waals surface area (Å²) in [4.78, 5) is 18.7. The van der Waals surface area contributed by atoms with Gasteiger partial charge in [-0.15, -0.1) is 24.0 Å². The number of carbonyl (C=O) groups excluding carboxylic acids is 1. The molecule has 1 heterocycles. The van der Waals surface area contributed by atoms with Crippen LogP contribution in [0.15, 0.2) is 29.3 Å². The third kappa shape index (κ3) is 7.65. The molecular weight excluding hydrogens is 483 g/mol. The summed E-state index contributed by atoms with van der Waals surface area (Å²) in [6, 6.07) is 8.39. The second-order valence-corrected chi connectivity index (χ2v) is 7.03. The van der Waals surface area contributed by atoms with Crippen LogP contribution >= 0.6 is 24.0 Å². The molecular formula is C21H35IN4O3. The molecule has 0 amide bonds. The van der Waals surface area contributed by atoms with Crippen molar-refractivity contribution in [2.24, 2.45) is 10.9 Å². The Bertz CT molecular complexity index is 651. The lowest BCUT2D eigenvalue weighted by atomic mass is 10.0. The zero-order chi connectivity index (χ0) is 20.4. The van der Waals surface area contributed by atoms with Gasteiger partial charge in [-0.3, -0.25) is 14.7 Å². The fourth-order valence-corrected chi connectivity index (χ4v) is 3.47. The maximum absolute atomic E-state index is 11.6. The van der Waals surface area contributed by atoms with Gasteiger partial charge in [0, 0.05) is 18.7 Å². The summed E-state index contributed by atoms with van der Waals surface area (Å²) >= 11 is 0. The Morgan fingerprint density at radius 2 is 1.90 bits per heavy atom. The van der Waals surface area contributed by atoms with Crippen LogP contribution in [-0.2, 0) is 9.53 Å². The van der Waals surface area contributed by atoms with E-state index in [9.17, 15) is 4.79 Å². The normalized spacial score (nSPS) is 16.5. The van der Waals surface area contributed by atoms with Crippen LogP contribution in [-0.4, -0.2) is 63.8 Å². The van der Waals surface area contributed by atoms with Crippen LogP contribution in [0, 0.1) is 5.92 Å². The number of rotatable bonds is 9. The SMILES string of the molecule is CCNC(=NCC(C)C(=O)OC)NCC(c1ccccc1OC)N1CCCC1.I. The maximum atomic E-state index is 11.6. The van der Waals surface area contributed by atoms with Crippen molar-refractivity contribution in [1.29, 1.82) is 0 Å². The molecule has 1 saturated heterocycles. The van der Waals surface area contributed by atoms with E-state index in [-0.39, 0.29) is 41.9 Å². The van der Waals surface area contributed by atoms with Crippen LogP contribution in [0.2, 0.25) is 0 Å². The van der Waals surface area contributed by atoms with Crippen molar-refractivity contribution in [2.75, 3.05) is 46.9 Å². The van der Waals surface area contributed by atoms with Crippen LogP contribution in [0.25, 0.3) is 0 Å². The van der Waals surface area contributed by atoms with E-state index < -0.39 is 0 Å². The van der Waals surface area contributed by atoms with Crippen LogP contribution in [0.5, 0.6) is 5.75 Å². The van der Waals surface area contributed by atoms with Crippen LogP contribution in [0.3, 0.4) is 0 Å². The smallest absolute Gasteiger partial charge is 0.310 e. The van der Waals surface area contributed by atoms with Gasteiger partial charge in [-0.2, -0.15) is 0 Å². The van der Waals surface area contributed by atoms with E-state index in [0.717, 1.165) is 25.4 Å². The number of nitrogens with one attached hydrogen (secondary N) is 2. The number of nitrogens with zero attached hydrogens (tertiary/aromatic N) is 2. The van der Waals surface area contributed by atoms with Gasteiger partial charge in [0.15, 0.2) is 5.96 Å². The molecule has 0 aromatic heterocycles. The molecule has 2 rings (SSSR count). The largest absolute Gasteiger partial charge is 0.496 e. The minimum absolute atomic E-state index is 0. The lowest BCUT2D eigenvalue weighted by Gasteiger charge is -2.30. The number of hydrogen-bond acceptors (Lipinski definition) is 5. The van der Waals surface area contributed by atoms with Gasteiger partial charge in [0.25, 0.3) is 0 Å². The molecule has 0 aliphatic carbocycles. The third-order valence-corrected chi connectivity index (χ3v) is 5.01. The number of methoxy groups -OCH3 is 2. The van der Waals surface area contributed by atoms with Crippen molar-refractivity contribution in [2.45, 2.75) is 32.7 Å². The van der Waals surface area contributed by atoms with Gasteiger partial charge in [0.2, 0.25) is 0 Å². The highest BCUT2D eigenvalue weighted by Gasteiger charge is 2.26. The van der Waals surface area contributed by atoms with Crippen molar-refractivity contribution in [3.05, 3.63) is 29.8 Å². The van der Waals surface area contributed by atoms with Gasteiger partial charge < -0.3 is 20.1 Å². The van der Waals surface area contributed by atoms with Gasteiger partial charge in [-0.05, 0) is 38.9 Å². The zero-order valence-electron chi connectivity index (χ0n) is 17.9. The lowest BCUT2D eigenvalue weighted by molar-refractivity contribution is -0.144. The summed E-state index contributed by atoms with van der Waals surface area (Å²) in [5, 5.41) is 6.71. The summed E-state index contributed by atoms with van der Waals surface area (Å²) < 4.78 is 10.4. The molecule has 8 heteroatoms. The van der Waals surface area contributed by atoms with Crippen molar-refractivity contribution in [3.63, 3.8) is 0 Å². The molecule has 2 N–H and O–H groups in total. The molecule has 1 aromatic rings.